The quantitative estimate of drug-likeness (QED) is 0.0933. The monoisotopic (exact) mass is 558 g/mol. The minimum absolute atomic E-state index is 0.0957. The Morgan fingerprint density at radius 2 is 1.38 bits per heavy atom. The molecule has 3 rings (SSSR count). The standard InChI is InChI=1S/C31H47ClN4O3/c1-2-3-4-5-6-7-8-9-10-11-12-13-14-15-16-17-19-26-20-18-21-27(24-26)36(35-29(37)22-23-33-35)34-30(38)25-28(32)31(34)39/h18,20-21,23-24,28H,2-17,19,22,25H2,1H3. The van der Waals surface area contributed by atoms with Crippen LogP contribution in [0, 0.1) is 0 Å². The van der Waals surface area contributed by atoms with Crippen molar-refractivity contribution in [3.63, 3.8) is 0 Å². The molecule has 0 spiro atoms. The zero-order valence-corrected chi connectivity index (χ0v) is 24.5. The zero-order chi connectivity index (χ0) is 27.9. The van der Waals surface area contributed by atoms with Gasteiger partial charge >= 0.3 is 0 Å². The van der Waals surface area contributed by atoms with Crippen molar-refractivity contribution >= 4 is 41.2 Å². The van der Waals surface area contributed by atoms with Gasteiger partial charge in [0, 0.05) is 6.21 Å². The first-order chi connectivity index (χ1) is 19.0. The third-order valence-electron chi connectivity index (χ3n) is 7.58. The number of hydrazone groups is 1. The highest BCUT2D eigenvalue weighted by atomic mass is 35.5. The van der Waals surface area contributed by atoms with E-state index >= 15 is 0 Å². The summed E-state index contributed by atoms with van der Waals surface area (Å²) >= 11 is 6.06. The highest BCUT2D eigenvalue weighted by molar-refractivity contribution is 6.35. The summed E-state index contributed by atoms with van der Waals surface area (Å²) in [5.41, 5.74) is 1.64. The molecular weight excluding hydrogens is 512 g/mol. The maximum atomic E-state index is 12.7. The number of alkyl halides is 1. The van der Waals surface area contributed by atoms with E-state index in [2.05, 4.69) is 12.0 Å². The van der Waals surface area contributed by atoms with Crippen LogP contribution in [-0.4, -0.2) is 39.4 Å². The van der Waals surface area contributed by atoms with Crippen LogP contribution in [0.3, 0.4) is 0 Å². The molecule has 0 bridgehead atoms. The molecule has 1 aromatic rings. The SMILES string of the molecule is CCCCCCCCCCCCCCCCCCc1cccc(N(N2N=CCC2=O)N2C(=O)CC(Cl)C2=O)c1. The number of carbonyl (C=O) groups excluding carboxylic acids is 3. The van der Waals surface area contributed by atoms with E-state index < -0.39 is 17.2 Å². The molecule has 1 saturated heterocycles. The van der Waals surface area contributed by atoms with Crippen LogP contribution in [0.5, 0.6) is 0 Å². The maximum absolute atomic E-state index is 12.7. The number of nitrogens with zero attached hydrogens (tertiary/aromatic N) is 4. The molecule has 39 heavy (non-hydrogen) atoms. The number of unbranched alkanes of at least 4 members (excludes halogenated alkanes) is 15. The van der Waals surface area contributed by atoms with E-state index in [0.29, 0.717) is 5.69 Å². The third kappa shape index (κ3) is 9.93. The largest absolute Gasteiger partial charge is 0.272 e. The van der Waals surface area contributed by atoms with Crippen LogP contribution in [0.1, 0.15) is 128 Å². The fourth-order valence-electron chi connectivity index (χ4n) is 5.30. The molecule has 0 saturated carbocycles. The number of amides is 3. The fourth-order valence-corrected chi connectivity index (χ4v) is 5.53. The molecule has 216 valence electrons. The van der Waals surface area contributed by atoms with Crippen molar-refractivity contribution in [2.24, 2.45) is 5.10 Å². The molecule has 0 aromatic heterocycles. The van der Waals surface area contributed by atoms with Crippen LogP contribution in [0.2, 0.25) is 0 Å². The summed E-state index contributed by atoms with van der Waals surface area (Å²) in [6, 6.07) is 7.63. The summed E-state index contributed by atoms with van der Waals surface area (Å²) in [5, 5.41) is 6.48. The first-order valence-corrected chi connectivity index (χ1v) is 15.7. The maximum Gasteiger partial charge on any atom is 0.269 e. The summed E-state index contributed by atoms with van der Waals surface area (Å²) < 4.78 is 0. The Morgan fingerprint density at radius 1 is 0.821 bits per heavy atom. The molecule has 1 unspecified atom stereocenters. The van der Waals surface area contributed by atoms with E-state index in [4.69, 9.17) is 11.6 Å². The van der Waals surface area contributed by atoms with Gasteiger partial charge in [0.2, 0.25) is 0 Å². The summed E-state index contributed by atoms with van der Waals surface area (Å²) in [6.45, 7) is 2.27. The second-order valence-corrected chi connectivity index (χ2v) is 11.4. The number of aryl methyl sites for hydroxylation is 1. The van der Waals surface area contributed by atoms with Crippen LogP contribution >= 0.6 is 11.6 Å². The van der Waals surface area contributed by atoms with E-state index in [9.17, 15) is 14.4 Å². The first kappa shape index (κ1) is 31.1. The van der Waals surface area contributed by atoms with Crippen molar-refractivity contribution in [1.29, 1.82) is 0 Å². The zero-order valence-electron chi connectivity index (χ0n) is 23.8. The molecule has 7 nitrogen and oxygen atoms in total. The van der Waals surface area contributed by atoms with Gasteiger partial charge in [-0.3, -0.25) is 14.4 Å². The lowest BCUT2D eigenvalue weighted by Gasteiger charge is -2.35. The fraction of sp³-hybridized carbons (Fsp3) is 0.677. The Kier molecular flexibility index (Phi) is 13.8. The van der Waals surface area contributed by atoms with E-state index in [1.165, 1.54) is 108 Å². The molecule has 2 aliphatic rings. The number of imide groups is 1. The Bertz CT molecular complexity index is 954. The van der Waals surface area contributed by atoms with Gasteiger partial charge in [-0.2, -0.15) is 15.2 Å². The smallest absolute Gasteiger partial charge is 0.269 e. The molecule has 0 radical (unpaired) electrons. The van der Waals surface area contributed by atoms with Crippen molar-refractivity contribution in [1.82, 2.24) is 10.1 Å². The summed E-state index contributed by atoms with van der Waals surface area (Å²) in [5.74, 6) is -1.30. The Hall–Kier alpha value is -2.41. The number of rotatable bonds is 20. The molecule has 2 aliphatic heterocycles. The van der Waals surface area contributed by atoms with Gasteiger partial charge in [-0.1, -0.05) is 115 Å². The lowest BCUT2D eigenvalue weighted by atomic mass is 10.0. The van der Waals surface area contributed by atoms with Crippen molar-refractivity contribution in [3.05, 3.63) is 29.8 Å². The number of carbonyl (C=O) groups is 3. The van der Waals surface area contributed by atoms with E-state index in [-0.39, 0.29) is 18.7 Å². The number of halogens is 1. The van der Waals surface area contributed by atoms with Crippen LogP contribution in [0.25, 0.3) is 0 Å². The first-order valence-electron chi connectivity index (χ1n) is 15.3. The predicted octanol–water partition coefficient (Wildman–Crippen LogP) is 7.71. The Balaban J connectivity index is 1.34. The number of hydrogen-bond acceptors (Lipinski definition) is 5. The van der Waals surface area contributed by atoms with E-state index in [1.54, 1.807) is 6.07 Å². The van der Waals surface area contributed by atoms with Gasteiger partial charge in [0.05, 0.1) is 18.5 Å². The number of anilines is 1. The summed E-state index contributed by atoms with van der Waals surface area (Å²) in [7, 11) is 0. The predicted molar refractivity (Wildman–Crippen MR) is 158 cm³/mol. The van der Waals surface area contributed by atoms with Gasteiger partial charge < -0.3 is 0 Å². The molecular formula is C31H47ClN4O3. The molecule has 8 heteroatoms. The van der Waals surface area contributed by atoms with Crippen LogP contribution in [0.15, 0.2) is 29.4 Å². The highest BCUT2D eigenvalue weighted by Gasteiger charge is 2.45. The average molecular weight is 559 g/mol. The molecule has 3 amide bonds. The lowest BCUT2D eigenvalue weighted by molar-refractivity contribution is -0.145. The molecule has 1 fully saturated rings. The van der Waals surface area contributed by atoms with Crippen molar-refractivity contribution in [2.45, 2.75) is 134 Å². The molecule has 2 heterocycles. The van der Waals surface area contributed by atoms with Crippen molar-refractivity contribution in [3.8, 4) is 0 Å². The summed E-state index contributed by atoms with van der Waals surface area (Å²) in [4.78, 5) is 37.7. The number of benzene rings is 1. The number of hydrazine groups is 2. The Labute approximate surface area is 239 Å². The minimum Gasteiger partial charge on any atom is -0.272 e. The minimum atomic E-state index is -0.935. The average Bonchev–Trinajstić information content (AvgIpc) is 3.46. The van der Waals surface area contributed by atoms with Gasteiger partial charge in [0.1, 0.15) is 5.38 Å². The van der Waals surface area contributed by atoms with Crippen molar-refractivity contribution in [2.75, 3.05) is 5.12 Å². The number of hydrogen-bond donors (Lipinski definition) is 0. The third-order valence-corrected chi connectivity index (χ3v) is 7.92. The topological polar surface area (TPSA) is 73.3 Å². The van der Waals surface area contributed by atoms with E-state index in [0.717, 1.165) is 28.5 Å². The summed E-state index contributed by atoms with van der Waals surface area (Å²) in [6.07, 6.45) is 23.8. The van der Waals surface area contributed by atoms with Crippen LogP contribution in [-0.2, 0) is 20.8 Å². The highest BCUT2D eigenvalue weighted by Crippen LogP contribution is 2.29. The van der Waals surface area contributed by atoms with Crippen LogP contribution < -0.4 is 5.12 Å². The van der Waals surface area contributed by atoms with E-state index in [1.807, 2.05) is 18.2 Å². The van der Waals surface area contributed by atoms with Gasteiger partial charge in [0.15, 0.2) is 0 Å². The molecule has 1 atom stereocenters. The van der Waals surface area contributed by atoms with Gasteiger partial charge in [-0.05, 0) is 30.5 Å². The Morgan fingerprint density at radius 3 is 1.87 bits per heavy atom. The van der Waals surface area contributed by atoms with Crippen molar-refractivity contribution < 1.29 is 14.4 Å². The van der Waals surface area contributed by atoms with Crippen LogP contribution in [0.4, 0.5) is 5.69 Å². The molecule has 0 aliphatic carbocycles. The van der Waals surface area contributed by atoms with Gasteiger partial charge in [-0.15, -0.1) is 16.7 Å². The normalized spacial score (nSPS) is 17.2. The molecule has 0 N–H and O–H groups in total. The lowest BCUT2D eigenvalue weighted by Crippen LogP contribution is -2.55. The van der Waals surface area contributed by atoms with Gasteiger partial charge in [0.25, 0.3) is 17.7 Å². The second-order valence-electron chi connectivity index (χ2n) is 10.9. The van der Waals surface area contributed by atoms with Gasteiger partial charge in [-0.25, -0.2) is 0 Å². The molecule has 1 aromatic carbocycles. The second kappa shape index (κ2) is 17.3.